The second kappa shape index (κ2) is 18.0. The van der Waals surface area contributed by atoms with E-state index in [4.69, 9.17) is 18.9 Å². The number of rotatable bonds is 19. The fourth-order valence-electron chi connectivity index (χ4n) is 7.68. The molecule has 280 valence electrons. The number of carbonyl (C=O) groups is 6. The van der Waals surface area contributed by atoms with Gasteiger partial charge in [0.2, 0.25) is 29.5 Å². The second-order valence-corrected chi connectivity index (χ2v) is 13.7. The van der Waals surface area contributed by atoms with Crippen LogP contribution in [0.15, 0.2) is 42.0 Å². The van der Waals surface area contributed by atoms with Crippen molar-refractivity contribution < 1.29 is 47.7 Å². The highest BCUT2D eigenvalue weighted by molar-refractivity contribution is 6.05. The standard InChI is InChI=1S/C38H48N4O10/c43-33-13-11-31(35(45)39-33)41-23-29-25(5-1-9-27(29)37(41)47)7-3-15-49-17-19-51-21-22-52-20-18-50-16-4-8-26-6-2-10-28-30(26)24-42(38(28)48)32-12-14-34(44)40-36(32)46/h1-2,5-6,9-10,27,29,31-32H,3-4,7-8,11-24H2,(H,39,43,45)(H,40,44,46). The fourth-order valence-corrected chi connectivity index (χ4v) is 7.68. The summed E-state index contributed by atoms with van der Waals surface area (Å²) in [6, 6.07) is 4.48. The van der Waals surface area contributed by atoms with Gasteiger partial charge < -0.3 is 28.7 Å². The predicted molar refractivity (Wildman–Crippen MR) is 185 cm³/mol. The smallest absolute Gasteiger partial charge is 0.255 e. The number of amides is 6. The summed E-state index contributed by atoms with van der Waals surface area (Å²) in [7, 11) is 0. The van der Waals surface area contributed by atoms with Crippen LogP contribution in [0.1, 0.15) is 66.4 Å². The fraction of sp³-hybridized carbons (Fsp3) is 0.579. The number of ether oxygens (including phenoxy) is 4. The molecule has 2 N–H and O–H groups in total. The lowest BCUT2D eigenvalue weighted by Gasteiger charge is -2.29. The topological polar surface area (TPSA) is 170 Å². The van der Waals surface area contributed by atoms with Gasteiger partial charge in [-0.1, -0.05) is 35.9 Å². The van der Waals surface area contributed by atoms with Gasteiger partial charge in [0.25, 0.3) is 5.91 Å². The normalized spacial score (nSPS) is 24.3. The minimum absolute atomic E-state index is 0.0431. The van der Waals surface area contributed by atoms with Crippen molar-refractivity contribution in [3.05, 3.63) is 58.7 Å². The van der Waals surface area contributed by atoms with Crippen LogP contribution < -0.4 is 10.6 Å². The molecule has 0 saturated carbocycles. The first-order chi connectivity index (χ1) is 25.3. The second-order valence-electron chi connectivity index (χ2n) is 13.7. The molecule has 14 nitrogen and oxygen atoms in total. The van der Waals surface area contributed by atoms with Gasteiger partial charge in [0.15, 0.2) is 0 Å². The van der Waals surface area contributed by atoms with Crippen LogP contribution in [0.2, 0.25) is 0 Å². The van der Waals surface area contributed by atoms with E-state index >= 15 is 0 Å². The number of imide groups is 2. The van der Waals surface area contributed by atoms with E-state index in [1.54, 1.807) is 15.9 Å². The van der Waals surface area contributed by atoms with Crippen molar-refractivity contribution in [2.75, 3.05) is 59.4 Å². The van der Waals surface area contributed by atoms with E-state index < -0.39 is 18.0 Å². The van der Waals surface area contributed by atoms with Crippen LogP contribution in [0.4, 0.5) is 0 Å². The molecule has 5 aliphatic rings. The van der Waals surface area contributed by atoms with E-state index in [2.05, 4.69) is 16.7 Å². The van der Waals surface area contributed by atoms with Crippen LogP contribution in [0.3, 0.4) is 0 Å². The molecule has 6 rings (SSSR count). The Bertz CT molecular complexity index is 1590. The Balaban J connectivity index is 0.759. The number of nitrogens with zero attached hydrogens (tertiary/aromatic N) is 2. The molecule has 4 atom stereocenters. The van der Waals surface area contributed by atoms with Crippen LogP contribution >= 0.6 is 0 Å². The number of nitrogens with one attached hydrogen (secondary N) is 2. The zero-order valence-corrected chi connectivity index (χ0v) is 29.5. The van der Waals surface area contributed by atoms with E-state index in [9.17, 15) is 28.8 Å². The maximum absolute atomic E-state index is 13.1. The molecule has 52 heavy (non-hydrogen) atoms. The lowest BCUT2D eigenvalue weighted by molar-refractivity contribution is -0.144. The summed E-state index contributed by atoms with van der Waals surface area (Å²) in [5, 5.41) is 4.70. The first kappa shape index (κ1) is 37.5. The quantitative estimate of drug-likeness (QED) is 0.158. The molecule has 1 aliphatic carbocycles. The van der Waals surface area contributed by atoms with E-state index in [1.165, 1.54) is 5.57 Å². The number of hydrogen-bond acceptors (Lipinski definition) is 10. The summed E-state index contributed by atoms with van der Waals surface area (Å²) in [4.78, 5) is 77.1. The first-order valence-corrected chi connectivity index (χ1v) is 18.4. The van der Waals surface area contributed by atoms with Gasteiger partial charge >= 0.3 is 0 Å². The molecule has 1 aromatic rings. The highest BCUT2D eigenvalue weighted by atomic mass is 16.6. The molecule has 0 radical (unpaired) electrons. The van der Waals surface area contributed by atoms with Crippen LogP contribution in [0.25, 0.3) is 0 Å². The third kappa shape index (κ3) is 9.03. The summed E-state index contributed by atoms with van der Waals surface area (Å²) >= 11 is 0. The third-order valence-corrected chi connectivity index (χ3v) is 10.4. The summed E-state index contributed by atoms with van der Waals surface area (Å²) in [6.45, 7) is 4.77. The van der Waals surface area contributed by atoms with E-state index in [0.29, 0.717) is 84.3 Å². The Hall–Kier alpha value is -4.24. The number of aryl methyl sites for hydroxylation is 1. The Labute approximate surface area is 303 Å². The van der Waals surface area contributed by atoms with Gasteiger partial charge in [-0.2, -0.15) is 0 Å². The number of piperidine rings is 2. The maximum Gasteiger partial charge on any atom is 0.255 e. The van der Waals surface area contributed by atoms with Gasteiger partial charge in [0.05, 0.1) is 45.6 Å². The molecule has 6 amide bonds. The molecule has 1 aromatic carbocycles. The van der Waals surface area contributed by atoms with E-state index in [-0.39, 0.29) is 54.2 Å². The molecule has 0 aromatic heterocycles. The summed E-state index contributed by atoms with van der Waals surface area (Å²) in [5.74, 6) is -1.79. The molecule has 3 fully saturated rings. The van der Waals surface area contributed by atoms with Crippen molar-refractivity contribution >= 4 is 35.4 Å². The van der Waals surface area contributed by atoms with Gasteiger partial charge in [-0.3, -0.25) is 39.4 Å². The monoisotopic (exact) mass is 720 g/mol. The maximum atomic E-state index is 13.1. The zero-order valence-electron chi connectivity index (χ0n) is 29.5. The Kier molecular flexibility index (Phi) is 13.0. The number of carbonyl (C=O) groups excluding carboxylic acids is 6. The minimum Gasteiger partial charge on any atom is -0.379 e. The van der Waals surface area contributed by atoms with Crippen LogP contribution in [0.5, 0.6) is 0 Å². The Morgan fingerprint density at radius 3 is 1.88 bits per heavy atom. The van der Waals surface area contributed by atoms with Crippen molar-refractivity contribution in [3.63, 3.8) is 0 Å². The molecule has 14 heteroatoms. The third-order valence-electron chi connectivity index (χ3n) is 10.4. The lowest BCUT2D eigenvalue weighted by atomic mass is 9.82. The number of hydrogen-bond donors (Lipinski definition) is 2. The van der Waals surface area contributed by atoms with E-state index in [1.807, 2.05) is 24.3 Å². The molecular weight excluding hydrogens is 672 g/mol. The summed E-state index contributed by atoms with van der Waals surface area (Å²) < 4.78 is 22.7. The predicted octanol–water partition coefficient (Wildman–Crippen LogP) is 1.60. The minimum atomic E-state index is -0.619. The van der Waals surface area contributed by atoms with Crippen molar-refractivity contribution in [1.29, 1.82) is 0 Å². The number of fused-ring (bicyclic) bond motifs is 2. The Morgan fingerprint density at radius 1 is 0.692 bits per heavy atom. The largest absolute Gasteiger partial charge is 0.379 e. The molecule has 4 unspecified atom stereocenters. The van der Waals surface area contributed by atoms with Gasteiger partial charge in [-0.25, -0.2) is 0 Å². The summed E-state index contributed by atoms with van der Waals surface area (Å²) in [5.41, 5.74) is 3.83. The van der Waals surface area contributed by atoms with Gasteiger partial charge in [-0.05, 0) is 55.7 Å². The number of benzene rings is 1. The van der Waals surface area contributed by atoms with Crippen molar-refractivity contribution in [2.45, 2.75) is 70.0 Å². The van der Waals surface area contributed by atoms with Crippen molar-refractivity contribution in [2.24, 2.45) is 11.8 Å². The van der Waals surface area contributed by atoms with Crippen LogP contribution in [0, 0.1) is 11.8 Å². The van der Waals surface area contributed by atoms with Crippen LogP contribution in [-0.4, -0.2) is 117 Å². The zero-order chi connectivity index (χ0) is 36.5. The molecule has 3 saturated heterocycles. The molecule has 4 aliphatic heterocycles. The highest BCUT2D eigenvalue weighted by Gasteiger charge is 2.46. The molecule has 4 heterocycles. The first-order valence-electron chi connectivity index (χ1n) is 18.4. The van der Waals surface area contributed by atoms with Crippen molar-refractivity contribution in [3.8, 4) is 0 Å². The van der Waals surface area contributed by atoms with Gasteiger partial charge in [0, 0.05) is 50.6 Å². The number of allylic oxidation sites excluding steroid dienone is 2. The number of likely N-dealkylation sites (tertiary alicyclic amines) is 1. The molecule has 0 spiro atoms. The van der Waals surface area contributed by atoms with E-state index in [0.717, 1.165) is 36.8 Å². The average molecular weight is 721 g/mol. The van der Waals surface area contributed by atoms with Gasteiger partial charge in [-0.15, -0.1) is 0 Å². The molecule has 0 bridgehead atoms. The molecular formula is C38H48N4O10. The summed E-state index contributed by atoms with van der Waals surface area (Å²) in [6.07, 6.45) is 10.3. The van der Waals surface area contributed by atoms with Crippen LogP contribution in [-0.2, 0) is 55.9 Å². The lowest BCUT2D eigenvalue weighted by Crippen LogP contribution is -2.53. The van der Waals surface area contributed by atoms with Crippen molar-refractivity contribution in [1.82, 2.24) is 20.4 Å². The highest BCUT2D eigenvalue weighted by Crippen LogP contribution is 2.38. The SMILES string of the molecule is O=C1CCC(N2Cc3c(CCCOCCOCCOCCOCCCC4=CC=CC5C(=O)N(C6CCC(=O)NC6=O)CC45)cccc3C2=O)C(=O)N1. The average Bonchev–Trinajstić information content (AvgIpc) is 3.65. The van der Waals surface area contributed by atoms with Gasteiger partial charge in [0.1, 0.15) is 12.1 Å². The Morgan fingerprint density at radius 2 is 1.27 bits per heavy atom.